The number of ether oxygens (including phenoxy) is 1. The van der Waals surface area contributed by atoms with Crippen molar-refractivity contribution in [2.75, 3.05) is 7.11 Å². The normalized spacial score (nSPS) is 10.9. The highest BCUT2D eigenvalue weighted by atomic mass is 32.2. The Morgan fingerprint density at radius 3 is 2.68 bits per heavy atom. The fraction of sp³-hybridized carbons (Fsp3) is 0.263. The van der Waals surface area contributed by atoms with Crippen LogP contribution in [0.25, 0.3) is 11.4 Å². The molecule has 0 radical (unpaired) electrons. The number of rotatable bonds is 6. The van der Waals surface area contributed by atoms with E-state index in [4.69, 9.17) is 4.74 Å². The number of thioether (sulfide) groups is 1. The molecule has 1 heterocycles. The molecule has 3 aromatic rings. The van der Waals surface area contributed by atoms with Gasteiger partial charge in [0.15, 0.2) is 22.5 Å². The number of aromatic nitrogens is 3. The minimum atomic E-state index is -0.349. The molecule has 0 spiro atoms. The number of halogens is 1. The Morgan fingerprint density at radius 2 is 2.00 bits per heavy atom. The maximum atomic E-state index is 13.8. The molecule has 0 fully saturated rings. The Morgan fingerprint density at radius 1 is 1.16 bits per heavy atom. The van der Waals surface area contributed by atoms with Gasteiger partial charge < -0.3 is 9.30 Å². The Hall–Kier alpha value is -2.34. The quantitative estimate of drug-likeness (QED) is 0.599. The van der Waals surface area contributed by atoms with E-state index in [1.807, 2.05) is 18.2 Å². The molecule has 1 aromatic heterocycles. The third-order valence-electron chi connectivity index (χ3n) is 3.89. The van der Waals surface area contributed by atoms with Gasteiger partial charge in [-0.25, -0.2) is 4.39 Å². The number of nitrogens with zero attached hydrogens (tertiary/aromatic N) is 3. The van der Waals surface area contributed by atoms with Crippen molar-refractivity contribution in [3.05, 3.63) is 59.4 Å². The maximum Gasteiger partial charge on any atom is 0.191 e. The summed E-state index contributed by atoms with van der Waals surface area (Å²) < 4.78 is 20.9. The Labute approximate surface area is 151 Å². The standard InChI is InChI=1S/C19H20FN3OS/c1-4-23-18(15-7-5-6-13(2)10-15)21-22-19(23)25-12-14-8-9-17(24-3)16(20)11-14/h5-11H,4,12H2,1-3H3. The van der Waals surface area contributed by atoms with Gasteiger partial charge in [0.25, 0.3) is 0 Å². The summed E-state index contributed by atoms with van der Waals surface area (Å²) in [6.07, 6.45) is 0. The van der Waals surface area contributed by atoms with Crippen molar-refractivity contribution < 1.29 is 9.13 Å². The number of benzene rings is 2. The van der Waals surface area contributed by atoms with E-state index >= 15 is 0 Å². The fourth-order valence-corrected chi connectivity index (χ4v) is 3.57. The van der Waals surface area contributed by atoms with E-state index in [9.17, 15) is 4.39 Å². The van der Waals surface area contributed by atoms with Gasteiger partial charge in [-0.05, 0) is 37.6 Å². The lowest BCUT2D eigenvalue weighted by atomic mass is 10.1. The SMILES string of the molecule is CCn1c(SCc2ccc(OC)c(F)c2)nnc1-c1cccc(C)c1. The molecule has 0 N–H and O–H groups in total. The summed E-state index contributed by atoms with van der Waals surface area (Å²) in [5, 5.41) is 9.50. The van der Waals surface area contributed by atoms with Crippen LogP contribution in [0.3, 0.4) is 0 Å². The highest BCUT2D eigenvalue weighted by Crippen LogP contribution is 2.28. The van der Waals surface area contributed by atoms with Gasteiger partial charge in [0.2, 0.25) is 0 Å². The Kier molecular flexibility index (Phi) is 5.38. The van der Waals surface area contributed by atoms with Crippen molar-refractivity contribution in [3.8, 4) is 17.1 Å². The molecule has 25 heavy (non-hydrogen) atoms. The monoisotopic (exact) mass is 357 g/mol. The fourth-order valence-electron chi connectivity index (χ4n) is 2.63. The van der Waals surface area contributed by atoms with Crippen molar-refractivity contribution >= 4 is 11.8 Å². The first-order chi connectivity index (χ1) is 12.1. The average Bonchev–Trinajstić information content (AvgIpc) is 3.03. The van der Waals surface area contributed by atoms with Crippen LogP contribution in [0.5, 0.6) is 5.75 Å². The van der Waals surface area contributed by atoms with Crippen LogP contribution in [0.4, 0.5) is 4.39 Å². The number of hydrogen-bond donors (Lipinski definition) is 0. The van der Waals surface area contributed by atoms with E-state index in [0.29, 0.717) is 5.75 Å². The molecular weight excluding hydrogens is 337 g/mol. The van der Waals surface area contributed by atoms with Crippen LogP contribution < -0.4 is 4.74 Å². The minimum absolute atomic E-state index is 0.257. The second kappa shape index (κ2) is 7.70. The van der Waals surface area contributed by atoms with Crippen molar-refractivity contribution in [2.24, 2.45) is 0 Å². The predicted octanol–water partition coefficient (Wildman–Crippen LogP) is 4.71. The summed E-state index contributed by atoms with van der Waals surface area (Å²) in [4.78, 5) is 0. The largest absolute Gasteiger partial charge is 0.494 e. The maximum absolute atomic E-state index is 13.8. The topological polar surface area (TPSA) is 39.9 Å². The van der Waals surface area contributed by atoms with E-state index in [1.165, 1.54) is 18.7 Å². The summed E-state index contributed by atoms with van der Waals surface area (Å²) >= 11 is 1.55. The van der Waals surface area contributed by atoms with Gasteiger partial charge in [-0.15, -0.1) is 10.2 Å². The molecule has 0 bridgehead atoms. The molecule has 0 atom stereocenters. The highest BCUT2D eigenvalue weighted by molar-refractivity contribution is 7.98. The number of hydrogen-bond acceptors (Lipinski definition) is 4. The van der Waals surface area contributed by atoms with E-state index in [2.05, 4.69) is 40.7 Å². The van der Waals surface area contributed by atoms with Gasteiger partial charge in [0.1, 0.15) is 0 Å². The zero-order valence-corrected chi connectivity index (χ0v) is 15.3. The van der Waals surface area contributed by atoms with Gasteiger partial charge in [0.05, 0.1) is 7.11 Å². The molecule has 0 unspecified atom stereocenters. The zero-order valence-electron chi connectivity index (χ0n) is 14.5. The van der Waals surface area contributed by atoms with Crippen LogP contribution in [-0.4, -0.2) is 21.9 Å². The minimum Gasteiger partial charge on any atom is -0.494 e. The van der Waals surface area contributed by atoms with Gasteiger partial charge in [0, 0.05) is 17.9 Å². The Bertz CT molecular complexity index is 879. The van der Waals surface area contributed by atoms with Crippen molar-refractivity contribution in [1.82, 2.24) is 14.8 Å². The molecule has 0 aliphatic carbocycles. The van der Waals surface area contributed by atoms with Crippen molar-refractivity contribution in [1.29, 1.82) is 0 Å². The molecule has 0 amide bonds. The number of methoxy groups -OCH3 is 1. The first-order valence-electron chi connectivity index (χ1n) is 8.07. The molecule has 0 aliphatic heterocycles. The smallest absolute Gasteiger partial charge is 0.191 e. The second-order valence-electron chi connectivity index (χ2n) is 5.68. The molecule has 0 saturated carbocycles. The third kappa shape index (κ3) is 3.85. The molecular formula is C19H20FN3OS. The first-order valence-corrected chi connectivity index (χ1v) is 9.06. The van der Waals surface area contributed by atoms with Gasteiger partial charge >= 0.3 is 0 Å². The molecule has 4 nitrogen and oxygen atoms in total. The summed E-state index contributed by atoms with van der Waals surface area (Å²) in [5.74, 6) is 1.38. The summed E-state index contributed by atoms with van der Waals surface area (Å²) in [6.45, 7) is 4.90. The number of aryl methyl sites for hydroxylation is 1. The van der Waals surface area contributed by atoms with Gasteiger partial charge in [-0.3, -0.25) is 0 Å². The Balaban J connectivity index is 1.80. The molecule has 3 rings (SSSR count). The van der Waals surface area contributed by atoms with E-state index in [1.54, 1.807) is 17.8 Å². The van der Waals surface area contributed by atoms with Crippen LogP contribution in [0, 0.1) is 12.7 Å². The lowest BCUT2D eigenvalue weighted by Gasteiger charge is -2.08. The van der Waals surface area contributed by atoms with Crippen LogP contribution in [0.15, 0.2) is 47.6 Å². The summed E-state index contributed by atoms with van der Waals surface area (Å²) in [5.41, 5.74) is 3.12. The zero-order chi connectivity index (χ0) is 17.8. The van der Waals surface area contributed by atoms with Crippen molar-refractivity contribution in [2.45, 2.75) is 31.3 Å². The van der Waals surface area contributed by atoms with Crippen LogP contribution >= 0.6 is 11.8 Å². The lowest BCUT2D eigenvalue weighted by molar-refractivity contribution is 0.386. The second-order valence-corrected chi connectivity index (χ2v) is 6.62. The van der Waals surface area contributed by atoms with E-state index in [0.717, 1.165) is 28.7 Å². The summed E-state index contributed by atoms with van der Waals surface area (Å²) in [7, 11) is 1.46. The average molecular weight is 357 g/mol. The van der Waals surface area contributed by atoms with Crippen LogP contribution in [-0.2, 0) is 12.3 Å². The molecule has 0 saturated heterocycles. The van der Waals surface area contributed by atoms with Crippen LogP contribution in [0.1, 0.15) is 18.1 Å². The molecule has 130 valence electrons. The van der Waals surface area contributed by atoms with E-state index < -0.39 is 0 Å². The van der Waals surface area contributed by atoms with Crippen molar-refractivity contribution in [3.63, 3.8) is 0 Å². The predicted molar refractivity (Wildman–Crippen MR) is 98.4 cm³/mol. The lowest BCUT2D eigenvalue weighted by Crippen LogP contribution is -2.00. The van der Waals surface area contributed by atoms with E-state index in [-0.39, 0.29) is 11.6 Å². The van der Waals surface area contributed by atoms with Crippen LogP contribution in [0.2, 0.25) is 0 Å². The molecule has 2 aromatic carbocycles. The third-order valence-corrected chi connectivity index (χ3v) is 4.93. The van der Waals surface area contributed by atoms with Gasteiger partial charge in [-0.2, -0.15) is 0 Å². The first kappa shape index (κ1) is 17.5. The molecule has 6 heteroatoms. The summed E-state index contributed by atoms with van der Waals surface area (Å²) in [6, 6.07) is 13.2. The highest BCUT2D eigenvalue weighted by Gasteiger charge is 2.14. The van der Waals surface area contributed by atoms with Gasteiger partial charge in [-0.1, -0.05) is 41.6 Å². The molecule has 0 aliphatic rings.